The first kappa shape index (κ1) is 18.3. The number of benzene rings is 3. The summed E-state index contributed by atoms with van der Waals surface area (Å²) in [7, 11) is 0. The normalized spacial score (nSPS) is 10.3. The molecule has 0 aliphatic carbocycles. The Labute approximate surface area is 156 Å². The molecular formula is C22H17FO4. The molecule has 0 radical (unpaired) electrons. The standard InChI is InChI=1S/C22H17FO4/c1-2-26-20-6-4-3-5-19(20)22(25)27-18-13-9-16(10-14-18)21(24)15-7-11-17(23)12-8-15/h3-14H,2H2,1H3. The van der Waals surface area contributed by atoms with Crippen molar-refractivity contribution in [3.05, 3.63) is 95.3 Å². The summed E-state index contributed by atoms with van der Waals surface area (Å²) in [6.07, 6.45) is 0. The first-order valence-corrected chi connectivity index (χ1v) is 8.43. The van der Waals surface area contributed by atoms with Crippen molar-refractivity contribution < 1.29 is 23.5 Å². The van der Waals surface area contributed by atoms with Gasteiger partial charge in [0.2, 0.25) is 0 Å². The summed E-state index contributed by atoms with van der Waals surface area (Å²) in [5, 5.41) is 0. The topological polar surface area (TPSA) is 52.6 Å². The zero-order chi connectivity index (χ0) is 19.2. The number of esters is 1. The van der Waals surface area contributed by atoms with Crippen LogP contribution in [0, 0.1) is 5.82 Å². The van der Waals surface area contributed by atoms with E-state index >= 15 is 0 Å². The Morgan fingerprint density at radius 1 is 0.852 bits per heavy atom. The first-order chi connectivity index (χ1) is 13.1. The van der Waals surface area contributed by atoms with Crippen molar-refractivity contribution in [1.29, 1.82) is 0 Å². The van der Waals surface area contributed by atoms with Crippen molar-refractivity contribution in [1.82, 2.24) is 0 Å². The number of ketones is 1. The summed E-state index contributed by atoms with van der Waals surface area (Å²) in [5.74, 6) is -0.428. The lowest BCUT2D eigenvalue weighted by Crippen LogP contribution is -2.11. The number of ether oxygens (including phenoxy) is 2. The second-order valence-corrected chi connectivity index (χ2v) is 5.68. The molecular weight excluding hydrogens is 347 g/mol. The van der Waals surface area contributed by atoms with Crippen molar-refractivity contribution in [2.24, 2.45) is 0 Å². The molecule has 0 fully saturated rings. The molecule has 0 aliphatic rings. The van der Waals surface area contributed by atoms with E-state index in [1.807, 2.05) is 6.92 Å². The summed E-state index contributed by atoms with van der Waals surface area (Å²) < 4.78 is 23.8. The number of rotatable bonds is 6. The lowest BCUT2D eigenvalue weighted by atomic mass is 10.0. The van der Waals surface area contributed by atoms with Crippen LogP contribution in [0.25, 0.3) is 0 Å². The third kappa shape index (κ3) is 4.39. The van der Waals surface area contributed by atoms with Gasteiger partial charge in [-0.15, -0.1) is 0 Å². The number of carbonyl (C=O) groups is 2. The predicted molar refractivity (Wildman–Crippen MR) is 98.8 cm³/mol. The largest absolute Gasteiger partial charge is 0.493 e. The van der Waals surface area contributed by atoms with Crippen LogP contribution in [0.1, 0.15) is 33.2 Å². The minimum Gasteiger partial charge on any atom is -0.493 e. The molecule has 3 rings (SSSR count). The molecule has 0 bridgehead atoms. The van der Waals surface area contributed by atoms with Crippen molar-refractivity contribution in [2.75, 3.05) is 6.61 Å². The average molecular weight is 364 g/mol. The highest BCUT2D eigenvalue weighted by molar-refractivity contribution is 6.09. The van der Waals surface area contributed by atoms with Crippen molar-refractivity contribution >= 4 is 11.8 Å². The Morgan fingerprint density at radius 2 is 1.44 bits per heavy atom. The van der Waals surface area contributed by atoms with Crippen LogP contribution >= 0.6 is 0 Å². The van der Waals surface area contributed by atoms with Gasteiger partial charge < -0.3 is 9.47 Å². The molecule has 27 heavy (non-hydrogen) atoms. The third-order valence-electron chi connectivity index (χ3n) is 3.84. The molecule has 0 spiro atoms. The monoisotopic (exact) mass is 364 g/mol. The van der Waals surface area contributed by atoms with Crippen LogP contribution in [0.3, 0.4) is 0 Å². The van der Waals surface area contributed by atoms with E-state index in [0.29, 0.717) is 34.8 Å². The maximum atomic E-state index is 13.0. The second-order valence-electron chi connectivity index (χ2n) is 5.68. The van der Waals surface area contributed by atoms with Gasteiger partial charge in [-0.1, -0.05) is 12.1 Å². The minimum absolute atomic E-state index is 0.241. The molecule has 0 aromatic heterocycles. The average Bonchev–Trinajstić information content (AvgIpc) is 2.69. The highest BCUT2D eigenvalue weighted by Crippen LogP contribution is 2.22. The Morgan fingerprint density at radius 3 is 2.07 bits per heavy atom. The third-order valence-corrected chi connectivity index (χ3v) is 3.84. The van der Waals surface area contributed by atoms with Crippen LogP contribution in [-0.2, 0) is 0 Å². The van der Waals surface area contributed by atoms with Gasteiger partial charge in [-0.05, 0) is 67.6 Å². The van der Waals surface area contributed by atoms with Gasteiger partial charge in [0.1, 0.15) is 22.9 Å². The van der Waals surface area contributed by atoms with Gasteiger partial charge in [0.15, 0.2) is 5.78 Å². The molecule has 0 saturated heterocycles. The quantitative estimate of drug-likeness (QED) is 0.362. The Bertz CT molecular complexity index is 947. The van der Waals surface area contributed by atoms with Gasteiger partial charge in [0, 0.05) is 11.1 Å². The van der Waals surface area contributed by atoms with Crippen LogP contribution in [0.15, 0.2) is 72.8 Å². The molecule has 0 N–H and O–H groups in total. The summed E-state index contributed by atoms with van der Waals surface area (Å²) in [6.45, 7) is 2.27. The van der Waals surface area contributed by atoms with Crippen LogP contribution in [0.2, 0.25) is 0 Å². The van der Waals surface area contributed by atoms with Crippen molar-refractivity contribution in [3.63, 3.8) is 0 Å². The van der Waals surface area contributed by atoms with Gasteiger partial charge in [0.05, 0.1) is 6.61 Å². The summed E-state index contributed by atoms with van der Waals surface area (Å²) in [5.41, 5.74) is 1.12. The molecule has 4 nitrogen and oxygen atoms in total. The molecule has 0 amide bonds. The van der Waals surface area contributed by atoms with Crippen LogP contribution < -0.4 is 9.47 Å². The molecule has 3 aromatic rings. The second kappa shape index (κ2) is 8.27. The van der Waals surface area contributed by atoms with Gasteiger partial charge in [-0.2, -0.15) is 0 Å². The van der Waals surface area contributed by atoms with E-state index in [9.17, 15) is 14.0 Å². The fraction of sp³-hybridized carbons (Fsp3) is 0.0909. The Hall–Kier alpha value is -3.47. The van der Waals surface area contributed by atoms with Gasteiger partial charge in [-0.25, -0.2) is 9.18 Å². The van der Waals surface area contributed by atoms with E-state index in [1.54, 1.807) is 36.4 Å². The fourth-order valence-electron chi connectivity index (χ4n) is 2.52. The fourth-order valence-corrected chi connectivity index (χ4v) is 2.52. The molecule has 0 atom stereocenters. The maximum absolute atomic E-state index is 13.0. The minimum atomic E-state index is -0.545. The number of hydrogen-bond acceptors (Lipinski definition) is 4. The van der Waals surface area contributed by atoms with Crippen molar-refractivity contribution in [2.45, 2.75) is 6.92 Å². The van der Waals surface area contributed by atoms with Crippen LogP contribution in [0.4, 0.5) is 4.39 Å². The van der Waals surface area contributed by atoms with Gasteiger partial charge >= 0.3 is 5.97 Å². The lowest BCUT2D eigenvalue weighted by Gasteiger charge is -2.10. The molecule has 0 unspecified atom stereocenters. The van der Waals surface area contributed by atoms with Gasteiger partial charge in [0.25, 0.3) is 0 Å². The number of halogens is 1. The van der Waals surface area contributed by atoms with Crippen LogP contribution in [-0.4, -0.2) is 18.4 Å². The van der Waals surface area contributed by atoms with E-state index in [4.69, 9.17) is 9.47 Å². The molecule has 0 aliphatic heterocycles. The number of carbonyl (C=O) groups excluding carboxylic acids is 2. The summed E-state index contributed by atoms with van der Waals surface area (Å²) >= 11 is 0. The highest BCUT2D eigenvalue weighted by Gasteiger charge is 2.15. The Kier molecular flexibility index (Phi) is 5.61. The predicted octanol–water partition coefficient (Wildman–Crippen LogP) is 4.67. The molecule has 136 valence electrons. The zero-order valence-electron chi connectivity index (χ0n) is 14.6. The van der Waals surface area contributed by atoms with E-state index in [0.717, 1.165) is 0 Å². The van der Waals surface area contributed by atoms with Crippen molar-refractivity contribution in [3.8, 4) is 11.5 Å². The molecule has 0 heterocycles. The summed E-state index contributed by atoms with van der Waals surface area (Å²) in [6, 6.07) is 18.3. The lowest BCUT2D eigenvalue weighted by molar-refractivity contribution is 0.0730. The van der Waals surface area contributed by atoms with E-state index < -0.39 is 11.8 Å². The van der Waals surface area contributed by atoms with E-state index in [1.165, 1.54) is 36.4 Å². The maximum Gasteiger partial charge on any atom is 0.347 e. The SMILES string of the molecule is CCOc1ccccc1C(=O)Oc1ccc(C(=O)c2ccc(F)cc2)cc1. The summed E-state index contributed by atoms with van der Waals surface area (Å²) in [4.78, 5) is 24.8. The van der Waals surface area contributed by atoms with E-state index in [2.05, 4.69) is 0 Å². The smallest absolute Gasteiger partial charge is 0.347 e. The number of hydrogen-bond donors (Lipinski definition) is 0. The molecule has 0 saturated carbocycles. The van der Waals surface area contributed by atoms with E-state index in [-0.39, 0.29) is 5.78 Å². The van der Waals surface area contributed by atoms with Crippen LogP contribution in [0.5, 0.6) is 11.5 Å². The number of para-hydroxylation sites is 1. The highest BCUT2D eigenvalue weighted by atomic mass is 19.1. The van der Waals surface area contributed by atoms with Gasteiger partial charge in [-0.3, -0.25) is 4.79 Å². The molecule has 3 aromatic carbocycles. The zero-order valence-corrected chi connectivity index (χ0v) is 14.6. The Balaban J connectivity index is 1.73. The first-order valence-electron chi connectivity index (χ1n) is 8.43. The molecule has 5 heteroatoms.